The van der Waals surface area contributed by atoms with Gasteiger partial charge in [-0.15, -0.1) is 0 Å². The first-order chi connectivity index (χ1) is 14.0. The molecule has 0 unspecified atom stereocenters. The lowest BCUT2D eigenvalue weighted by Gasteiger charge is -2.20. The molecule has 0 N–H and O–H groups in total. The first kappa shape index (κ1) is 21.1. The number of ether oxygens (including phenoxy) is 2. The molecular weight excluding hydrogens is 364 g/mol. The van der Waals surface area contributed by atoms with Gasteiger partial charge in [0.05, 0.1) is 37.0 Å². The topological polar surface area (TPSA) is 53.4 Å². The molecule has 0 spiro atoms. The Labute approximate surface area is 172 Å². The highest BCUT2D eigenvalue weighted by Gasteiger charge is 2.14. The largest absolute Gasteiger partial charge is 0.491 e. The van der Waals surface area contributed by atoms with Crippen LogP contribution >= 0.6 is 0 Å². The average molecular weight is 395 g/mol. The van der Waals surface area contributed by atoms with Crippen LogP contribution in [0, 0.1) is 0 Å². The Hall–Kier alpha value is -2.66. The Morgan fingerprint density at radius 2 is 1.59 bits per heavy atom. The summed E-state index contributed by atoms with van der Waals surface area (Å²) in [6.45, 7) is 10.6. The maximum atomic E-state index is 12.5. The predicted octanol–water partition coefficient (Wildman–Crippen LogP) is 4.74. The molecule has 0 atom stereocenters. The zero-order valence-corrected chi connectivity index (χ0v) is 17.7. The van der Waals surface area contributed by atoms with Gasteiger partial charge >= 0.3 is 0 Å². The number of fused-ring (bicyclic) bond motifs is 1. The number of aromatic nitrogens is 2. The highest BCUT2D eigenvalue weighted by Crippen LogP contribution is 2.34. The van der Waals surface area contributed by atoms with Crippen molar-refractivity contribution in [1.29, 1.82) is 0 Å². The molecule has 0 saturated heterocycles. The Kier molecular flexibility index (Phi) is 7.04. The van der Waals surface area contributed by atoms with Gasteiger partial charge in [0.1, 0.15) is 12.4 Å². The van der Waals surface area contributed by atoms with Gasteiger partial charge in [0.15, 0.2) is 0 Å². The van der Waals surface area contributed by atoms with Crippen LogP contribution in [0.25, 0.3) is 10.9 Å². The van der Waals surface area contributed by atoms with Crippen LogP contribution in [0.1, 0.15) is 50.7 Å². The van der Waals surface area contributed by atoms with Gasteiger partial charge in [-0.05, 0) is 35.1 Å². The smallest absolute Gasteiger partial charge is 0.261 e. The summed E-state index contributed by atoms with van der Waals surface area (Å²) in [5.74, 6) is 1.78. The molecule has 3 rings (SSSR count). The van der Waals surface area contributed by atoms with Crippen molar-refractivity contribution in [2.75, 3.05) is 19.8 Å². The number of benzene rings is 2. The van der Waals surface area contributed by atoms with E-state index in [9.17, 15) is 4.79 Å². The van der Waals surface area contributed by atoms with Gasteiger partial charge in [-0.3, -0.25) is 9.36 Å². The van der Waals surface area contributed by atoms with Crippen LogP contribution in [0.4, 0.5) is 0 Å². The van der Waals surface area contributed by atoms with Gasteiger partial charge < -0.3 is 9.47 Å². The Morgan fingerprint density at radius 3 is 2.28 bits per heavy atom. The minimum Gasteiger partial charge on any atom is -0.491 e. The number of rotatable bonds is 9. The van der Waals surface area contributed by atoms with Gasteiger partial charge in [-0.2, -0.15) is 0 Å². The summed E-state index contributed by atoms with van der Waals surface area (Å²) in [6, 6.07) is 13.7. The zero-order valence-electron chi connectivity index (χ0n) is 17.7. The van der Waals surface area contributed by atoms with Gasteiger partial charge in [-0.25, -0.2) is 4.98 Å². The van der Waals surface area contributed by atoms with Crippen molar-refractivity contribution in [2.45, 2.75) is 46.1 Å². The zero-order chi connectivity index (χ0) is 20.8. The van der Waals surface area contributed by atoms with Gasteiger partial charge in [0.25, 0.3) is 5.56 Å². The second-order valence-corrected chi connectivity index (χ2v) is 7.80. The molecule has 3 aromatic rings. The van der Waals surface area contributed by atoms with Crippen LogP contribution in [0.2, 0.25) is 0 Å². The Balaban J connectivity index is 1.54. The van der Waals surface area contributed by atoms with E-state index in [1.54, 1.807) is 17.0 Å². The molecule has 2 aromatic carbocycles. The minimum absolute atomic E-state index is 0.0390. The molecule has 1 heterocycles. The third-order valence-electron chi connectivity index (χ3n) is 5.00. The molecule has 29 heavy (non-hydrogen) atoms. The number of para-hydroxylation sites is 2. The van der Waals surface area contributed by atoms with Gasteiger partial charge in [0.2, 0.25) is 0 Å². The Bertz CT molecular complexity index is 982. The molecule has 0 radical (unpaired) electrons. The summed E-state index contributed by atoms with van der Waals surface area (Å²) in [5.41, 5.74) is 3.13. The molecule has 5 heteroatoms. The van der Waals surface area contributed by atoms with Crippen LogP contribution in [0.3, 0.4) is 0 Å². The van der Waals surface area contributed by atoms with E-state index in [-0.39, 0.29) is 5.56 Å². The van der Waals surface area contributed by atoms with E-state index in [4.69, 9.17) is 9.47 Å². The highest BCUT2D eigenvalue weighted by atomic mass is 16.5. The van der Waals surface area contributed by atoms with E-state index in [0.29, 0.717) is 49.1 Å². The van der Waals surface area contributed by atoms with Crippen LogP contribution in [-0.2, 0) is 11.3 Å². The normalized spacial score (nSPS) is 11.5. The van der Waals surface area contributed by atoms with E-state index < -0.39 is 0 Å². The summed E-state index contributed by atoms with van der Waals surface area (Å²) < 4.78 is 13.4. The van der Waals surface area contributed by atoms with Crippen LogP contribution in [0.15, 0.2) is 53.6 Å². The SMILES string of the molecule is CC(C)c1cccc(C(C)C)c1OCCOCCn1cnc2ccccc2c1=O. The highest BCUT2D eigenvalue weighted by molar-refractivity contribution is 5.76. The molecule has 0 amide bonds. The Morgan fingerprint density at radius 1 is 0.897 bits per heavy atom. The minimum atomic E-state index is -0.0390. The van der Waals surface area contributed by atoms with Crippen LogP contribution in [-0.4, -0.2) is 29.4 Å². The molecule has 0 fully saturated rings. The lowest BCUT2D eigenvalue weighted by atomic mass is 9.94. The van der Waals surface area contributed by atoms with Crippen molar-refractivity contribution in [2.24, 2.45) is 0 Å². The maximum absolute atomic E-state index is 12.5. The summed E-state index contributed by atoms with van der Waals surface area (Å²) in [5, 5.41) is 0.629. The number of hydrogen-bond donors (Lipinski definition) is 0. The second kappa shape index (κ2) is 9.70. The average Bonchev–Trinajstić information content (AvgIpc) is 2.71. The van der Waals surface area contributed by atoms with E-state index in [1.165, 1.54) is 11.1 Å². The fraction of sp³-hybridized carbons (Fsp3) is 0.417. The van der Waals surface area contributed by atoms with Gasteiger partial charge in [-0.1, -0.05) is 58.0 Å². The van der Waals surface area contributed by atoms with Crippen molar-refractivity contribution in [3.05, 3.63) is 70.3 Å². The summed E-state index contributed by atoms with van der Waals surface area (Å²) in [6.07, 6.45) is 1.58. The van der Waals surface area contributed by atoms with Crippen molar-refractivity contribution in [3.63, 3.8) is 0 Å². The quantitative estimate of drug-likeness (QED) is 0.492. The van der Waals surface area contributed by atoms with E-state index in [1.807, 2.05) is 18.2 Å². The monoisotopic (exact) mass is 394 g/mol. The molecule has 0 bridgehead atoms. The molecule has 0 aliphatic carbocycles. The van der Waals surface area contributed by atoms with E-state index >= 15 is 0 Å². The van der Waals surface area contributed by atoms with Crippen molar-refractivity contribution in [3.8, 4) is 5.75 Å². The first-order valence-electron chi connectivity index (χ1n) is 10.3. The van der Waals surface area contributed by atoms with Crippen molar-refractivity contribution < 1.29 is 9.47 Å². The molecule has 1 aromatic heterocycles. The summed E-state index contributed by atoms with van der Waals surface area (Å²) >= 11 is 0. The van der Waals surface area contributed by atoms with E-state index in [2.05, 4.69) is 50.9 Å². The molecule has 5 nitrogen and oxygen atoms in total. The van der Waals surface area contributed by atoms with Crippen LogP contribution in [0.5, 0.6) is 5.75 Å². The lowest BCUT2D eigenvalue weighted by Crippen LogP contribution is -2.23. The fourth-order valence-corrected chi connectivity index (χ4v) is 3.38. The van der Waals surface area contributed by atoms with Crippen molar-refractivity contribution in [1.82, 2.24) is 9.55 Å². The standard InChI is InChI=1S/C24H30N2O3/c1-17(2)19-9-7-10-20(18(3)4)23(19)29-15-14-28-13-12-26-16-25-22-11-6-5-8-21(22)24(26)27/h5-11,16-18H,12-15H2,1-4H3. The molecule has 0 saturated carbocycles. The number of nitrogens with zero attached hydrogens (tertiary/aromatic N) is 2. The third kappa shape index (κ3) is 5.04. The van der Waals surface area contributed by atoms with Gasteiger partial charge in [0, 0.05) is 0 Å². The third-order valence-corrected chi connectivity index (χ3v) is 5.00. The van der Waals surface area contributed by atoms with Crippen LogP contribution < -0.4 is 10.3 Å². The second-order valence-electron chi connectivity index (χ2n) is 7.80. The van der Waals surface area contributed by atoms with E-state index in [0.717, 1.165) is 5.75 Å². The maximum Gasteiger partial charge on any atom is 0.261 e. The lowest BCUT2D eigenvalue weighted by molar-refractivity contribution is 0.0930. The fourth-order valence-electron chi connectivity index (χ4n) is 3.38. The predicted molar refractivity (Wildman–Crippen MR) is 117 cm³/mol. The van der Waals surface area contributed by atoms with Crippen molar-refractivity contribution >= 4 is 10.9 Å². The first-order valence-corrected chi connectivity index (χ1v) is 10.3. The molecular formula is C24H30N2O3. The molecule has 0 aliphatic rings. The molecule has 0 aliphatic heterocycles. The number of hydrogen-bond acceptors (Lipinski definition) is 4. The summed E-state index contributed by atoms with van der Waals surface area (Å²) in [4.78, 5) is 16.8. The summed E-state index contributed by atoms with van der Waals surface area (Å²) in [7, 11) is 0. The molecule has 154 valence electrons.